The molecule has 128 valence electrons. The van der Waals surface area contributed by atoms with Crippen LogP contribution in [0.1, 0.15) is 0 Å². The number of phenolic OH excluding ortho intramolecular Hbond substituents is 2. The molecule has 0 amide bonds. The van der Waals surface area contributed by atoms with Gasteiger partial charge in [-0.2, -0.15) is 0 Å². The van der Waals surface area contributed by atoms with Crippen molar-refractivity contribution in [1.82, 2.24) is 10.2 Å². The van der Waals surface area contributed by atoms with Gasteiger partial charge in [-0.3, -0.25) is 0 Å². The molecular formula is C20H14N2O4. The fourth-order valence-electron chi connectivity index (χ4n) is 2.46. The summed E-state index contributed by atoms with van der Waals surface area (Å²) >= 11 is 0. The average Bonchev–Trinajstić information content (AvgIpc) is 2.67. The molecule has 0 aliphatic heterocycles. The molecule has 3 aromatic carbocycles. The molecule has 0 unspecified atom stereocenters. The van der Waals surface area contributed by atoms with E-state index < -0.39 is 0 Å². The molecule has 1 heterocycles. The monoisotopic (exact) mass is 346 g/mol. The summed E-state index contributed by atoms with van der Waals surface area (Å²) in [5.41, 5.74) is 0. The third-order valence-corrected chi connectivity index (χ3v) is 3.72. The van der Waals surface area contributed by atoms with Gasteiger partial charge < -0.3 is 19.7 Å². The molecule has 4 aromatic rings. The van der Waals surface area contributed by atoms with Crippen LogP contribution in [-0.4, -0.2) is 20.4 Å². The molecule has 6 nitrogen and oxygen atoms in total. The maximum Gasteiger partial charge on any atom is 0.247 e. The van der Waals surface area contributed by atoms with Gasteiger partial charge in [-0.25, -0.2) is 0 Å². The van der Waals surface area contributed by atoms with Crippen LogP contribution in [0.4, 0.5) is 0 Å². The van der Waals surface area contributed by atoms with Crippen molar-refractivity contribution in [2.24, 2.45) is 0 Å². The van der Waals surface area contributed by atoms with Crippen LogP contribution in [0.25, 0.3) is 10.8 Å². The van der Waals surface area contributed by atoms with Gasteiger partial charge in [-0.05, 0) is 60.7 Å². The van der Waals surface area contributed by atoms with Gasteiger partial charge >= 0.3 is 0 Å². The van der Waals surface area contributed by atoms with E-state index in [4.69, 9.17) is 9.47 Å². The zero-order valence-corrected chi connectivity index (χ0v) is 13.5. The van der Waals surface area contributed by atoms with Crippen molar-refractivity contribution in [3.05, 3.63) is 72.8 Å². The van der Waals surface area contributed by atoms with Crippen molar-refractivity contribution in [3.63, 3.8) is 0 Å². The molecule has 0 aliphatic rings. The summed E-state index contributed by atoms with van der Waals surface area (Å²) in [5.74, 6) is 2.06. The van der Waals surface area contributed by atoms with Crippen molar-refractivity contribution in [2.75, 3.05) is 0 Å². The summed E-state index contributed by atoms with van der Waals surface area (Å²) in [5, 5.41) is 28.5. The van der Waals surface area contributed by atoms with Gasteiger partial charge in [0.2, 0.25) is 11.8 Å². The third-order valence-electron chi connectivity index (χ3n) is 3.72. The van der Waals surface area contributed by atoms with Gasteiger partial charge in [-0.15, -0.1) is 10.2 Å². The van der Waals surface area contributed by atoms with E-state index in [1.807, 2.05) is 24.3 Å². The highest BCUT2D eigenvalue weighted by molar-refractivity contribution is 5.90. The van der Waals surface area contributed by atoms with Crippen LogP contribution in [-0.2, 0) is 0 Å². The van der Waals surface area contributed by atoms with Crippen LogP contribution in [0.2, 0.25) is 0 Å². The molecule has 1 aromatic heterocycles. The standard InChI is InChI=1S/C20H14N2O4/c23-13-5-9-15(10-6-13)25-19-17-3-1-2-4-18(17)20(22-21-19)26-16-11-7-14(24)8-12-16/h1-12,23-24H. The molecule has 0 saturated carbocycles. The Balaban J connectivity index is 1.70. The Kier molecular flexibility index (Phi) is 3.99. The largest absolute Gasteiger partial charge is 0.508 e. The number of hydrogen-bond donors (Lipinski definition) is 2. The first kappa shape index (κ1) is 15.7. The molecule has 0 radical (unpaired) electrons. The number of ether oxygens (including phenoxy) is 2. The van der Waals surface area contributed by atoms with Crippen LogP contribution in [0, 0.1) is 0 Å². The predicted octanol–water partition coefficient (Wildman–Crippen LogP) is 4.63. The van der Waals surface area contributed by atoms with E-state index in [0.29, 0.717) is 23.3 Å². The number of fused-ring (bicyclic) bond motifs is 1. The molecule has 0 spiro atoms. The second-order valence-electron chi connectivity index (χ2n) is 5.55. The molecule has 2 N–H and O–H groups in total. The van der Waals surface area contributed by atoms with Gasteiger partial charge in [0.1, 0.15) is 23.0 Å². The molecule has 26 heavy (non-hydrogen) atoms. The zero-order chi connectivity index (χ0) is 17.9. The molecule has 0 atom stereocenters. The summed E-state index contributed by atoms with van der Waals surface area (Å²) in [6, 6.07) is 20.2. The smallest absolute Gasteiger partial charge is 0.247 e. The third kappa shape index (κ3) is 3.21. The molecule has 6 heteroatoms. The van der Waals surface area contributed by atoms with Crippen molar-refractivity contribution in [3.8, 4) is 34.8 Å². The van der Waals surface area contributed by atoms with Gasteiger partial charge in [0, 0.05) is 0 Å². The minimum Gasteiger partial charge on any atom is -0.508 e. The second kappa shape index (κ2) is 6.60. The lowest BCUT2D eigenvalue weighted by Crippen LogP contribution is -1.96. The summed E-state index contributed by atoms with van der Waals surface area (Å²) in [6.07, 6.45) is 0. The van der Waals surface area contributed by atoms with Crippen LogP contribution in [0.5, 0.6) is 34.8 Å². The molecule has 0 bridgehead atoms. The van der Waals surface area contributed by atoms with Crippen molar-refractivity contribution in [2.45, 2.75) is 0 Å². The number of phenols is 2. The lowest BCUT2D eigenvalue weighted by molar-refractivity contribution is 0.432. The van der Waals surface area contributed by atoms with Gasteiger partial charge in [0.05, 0.1) is 10.8 Å². The van der Waals surface area contributed by atoms with E-state index >= 15 is 0 Å². The quantitative estimate of drug-likeness (QED) is 0.561. The second-order valence-corrected chi connectivity index (χ2v) is 5.55. The molecule has 4 rings (SSSR count). The molecular weight excluding hydrogens is 332 g/mol. The number of rotatable bonds is 4. The maximum absolute atomic E-state index is 9.37. The highest BCUT2D eigenvalue weighted by atomic mass is 16.5. The van der Waals surface area contributed by atoms with Gasteiger partial charge in [0.25, 0.3) is 0 Å². The normalized spacial score (nSPS) is 10.6. The highest BCUT2D eigenvalue weighted by Crippen LogP contribution is 2.34. The Bertz CT molecular complexity index is 962. The van der Waals surface area contributed by atoms with Crippen LogP contribution in [0.3, 0.4) is 0 Å². The minimum absolute atomic E-state index is 0.158. The van der Waals surface area contributed by atoms with Crippen LogP contribution < -0.4 is 9.47 Å². The number of hydrogen-bond acceptors (Lipinski definition) is 6. The molecule has 0 fully saturated rings. The van der Waals surface area contributed by atoms with Crippen molar-refractivity contribution in [1.29, 1.82) is 0 Å². The zero-order valence-electron chi connectivity index (χ0n) is 13.5. The lowest BCUT2D eigenvalue weighted by atomic mass is 10.2. The number of aromatic nitrogens is 2. The summed E-state index contributed by atoms with van der Waals surface area (Å²) < 4.78 is 11.6. The molecule has 0 aliphatic carbocycles. The van der Waals surface area contributed by atoms with Crippen molar-refractivity contribution < 1.29 is 19.7 Å². The average molecular weight is 346 g/mol. The number of aromatic hydroxyl groups is 2. The predicted molar refractivity (Wildman–Crippen MR) is 95.9 cm³/mol. The Morgan fingerprint density at radius 2 is 0.923 bits per heavy atom. The summed E-state index contributed by atoms with van der Waals surface area (Å²) in [7, 11) is 0. The van der Waals surface area contributed by atoms with E-state index in [0.717, 1.165) is 10.8 Å². The van der Waals surface area contributed by atoms with E-state index in [9.17, 15) is 10.2 Å². The fraction of sp³-hybridized carbons (Fsp3) is 0. The SMILES string of the molecule is Oc1ccc(Oc2nnc(Oc3ccc(O)cc3)c3ccccc23)cc1. The minimum atomic E-state index is 0.158. The first-order chi connectivity index (χ1) is 12.7. The summed E-state index contributed by atoms with van der Waals surface area (Å²) in [6.45, 7) is 0. The summed E-state index contributed by atoms with van der Waals surface area (Å²) in [4.78, 5) is 0. The van der Waals surface area contributed by atoms with Crippen LogP contribution in [0.15, 0.2) is 72.8 Å². The van der Waals surface area contributed by atoms with Gasteiger partial charge in [-0.1, -0.05) is 12.1 Å². The van der Waals surface area contributed by atoms with E-state index in [2.05, 4.69) is 10.2 Å². The first-order valence-electron chi connectivity index (χ1n) is 7.88. The van der Waals surface area contributed by atoms with E-state index in [1.165, 1.54) is 24.3 Å². The maximum atomic E-state index is 9.37. The Morgan fingerprint density at radius 1 is 0.538 bits per heavy atom. The number of nitrogens with zero attached hydrogens (tertiary/aromatic N) is 2. The highest BCUT2D eigenvalue weighted by Gasteiger charge is 2.12. The lowest BCUT2D eigenvalue weighted by Gasteiger charge is -2.11. The van der Waals surface area contributed by atoms with Crippen LogP contribution >= 0.6 is 0 Å². The Hall–Kier alpha value is -3.80. The van der Waals surface area contributed by atoms with Crippen molar-refractivity contribution >= 4 is 10.8 Å². The molecule has 0 saturated heterocycles. The topological polar surface area (TPSA) is 84.7 Å². The van der Waals surface area contributed by atoms with E-state index in [1.54, 1.807) is 24.3 Å². The first-order valence-corrected chi connectivity index (χ1v) is 7.88. The van der Waals surface area contributed by atoms with Gasteiger partial charge in [0.15, 0.2) is 0 Å². The Labute approximate surface area is 148 Å². The fourth-order valence-corrected chi connectivity index (χ4v) is 2.46. The Morgan fingerprint density at radius 3 is 1.31 bits per heavy atom. The van der Waals surface area contributed by atoms with E-state index in [-0.39, 0.29) is 11.5 Å². The number of benzene rings is 3.